The van der Waals surface area contributed by atoms with Crippen molar-refractivity contribution in [2.45, 2.75) is 57.2 Å². The highest BCUT2D eigenvalue weighted by atomic mass is 79.9. The summed E-state index contributed by atoms with van der Waals surface area (Å²) in [5.74, 6) is 2.29. The molecule has 3 fully saturated rings. The fraction of sp³-hybridized carbons (Fsp3) is 0.789. The first-order chi connectivity index (χ1) is 10.9. The topological polar surface area (TPSA) is 46.2 Å². The Morgan fingerprint density at radius 1 is 1.13 bits per heavy atom. The molecule has 23 heavy (non-hydrogen) atoms. The average molecular weight is 380 g/mol. The number of carbonyl (C=O) groups excluding carboxylic acids is 2. The highest BCUT2D eigenvalue weighted by molar-refractivity contribution is 9.10. The lowest BCUT2D eigenvalue weighted by molar-refractivity contribution is -0.131. The van der Waals surface area contributed by atoms with E-state index in [4.69, 9.17) is 0 Å². The second-order valence-electron chi connectivity index (χ2n) is 8.57. The van der Waals surface area contributed by atoms with Gasteiger partial charge in [-0.05, 0) is 61.7 Å². The molecule has 126 valence electrons. The van der Waals surface area contributed by atoms with Gasteiger partial charge in [0.15, 0.2) is 5.78 Å². The summed E-state index contributed by atoms with van der Waals surface area (Å²) >= 11 is 3.63. The summed E-state index contributed by atoms with van der Waals surface area (Å²) in [7, 11) is 0. The van der Waals surface area contributed by atoms with Gasteiger partial charge in [0.2, 0.25) is 5.91 Å². The van der Waals surface area contributed by atoms with Crippen LogP contribution in [0.1, 0.15) is 52.4 Å². The monoisotopic (exact) mass is 379 g/mol. The number of allylic oxidation sites excluding steroid dienone is 1. The third kappa shape index (κ3) is 2.13. The summed E-state index contributed by atoms with van der Waals surface area (Å²) < 4.78 is 0. The molecule has 0 radical (unpaired) electrons. The lowest BCUT2D eigenvalue weighted by Crippen LogP contribution is -2.50. The van der Waals surface area contributed by atoms with E-state index in [0.29, 0.717) is 23.5 Å². The summed E-state index contributed by atoms with van der Waals surface area (Å²) in [5, 5.41) is 3.01. The van der Waals surface area contributed by atoms with Crippen molar-refractivity contribution in [3.05, 3.63) is 11.6 Å². The first kappa shape index (κ1) is 15.9. The first-order valence-electron chi connectivity index (χ1n) is 9.03. The van der Waals surface area contributed by atoms with Crippen LogP contribution in [0.15, 0.2) is 11.6 Å². The number of halogens is 1. The molecule has 0 aromatic heterocycles. The normalized spacial score (nSPS) is 49.4. The van der Waals surface area contributed by atoms with Crippen LogP contribution in [0.3, 0.4) is 0 Å². The maximum atomic E-state index is 12.7. The number of hydrogen-bond acceptors (Lipinski definition) is 2. The highest BCUT2D eigenvalue weighted by Crippen LogP contribution is 2.64. The molecular weight excluding hydrogens is 354 g/mol. The molecule has 3 aliphatic carbocycles. The van der Waals surface area contributed by atoms with E-state index in [9.17, 15) is 9.59 Å². The van der Waals surface area contributed by atoms with E-state index in [0.717, 1.165) is 45.1 Å². The van der Waals surface area contributed by atoms with Crippen molar-refractivity contribution in [3.8, 4) is 0 Å². The van der Waals surface area contributed by atoms with E-state index in [1.807, 2.05) is 6.08 Å². The van der Waals surface area contributed by atoms with Crippen LogP contribution in [-0.4, -0.2) is 23.1 Å². The van der Waals surface area contributed by atoms with Gasteiger partial charge in [0, 0.05) is 18.0 Å². The van der Waals surface area contributed by atoms with Crippen molar-refractivity contribution < 1.29 is 9.59 Å². The Kier molecular flexibility index (Phi) is 3.57. The Bertz CT molecular complexity index is 600. The quantitative estimate of drug-likeness (QED) is 0.653. The number of fused-ring (bicyclic) bond motifs is 5. The van der Waals surface area contributed by atoms with Gasteiger partial charge >= 0.3 is 0 Å². The third-order valence-corrected chi connectivity index (χ3v) is 8.47. The standard InChI is InChI=1S/C19H26BrNO2/c1-18-7-8-21-16(22)9-11(18)3-4-12-13(18)5-6-19(2)14(12)10-15(20)17(19)23/h9,12-15H,3-8,10H2,1-2H3,(H,21,22)/t12-,13+,14+,15-,18+,19+/m1/s1. The summed E-state index contributed by atoms with van der Waals surface area (Å²) in [6, 6.07) is 0. The molecule has 0 unspecified atom stereocenters. The van der Waals surface area contributed by atoms with Crippen LogP contribution in [0, 0.1) is 28.6 Å². The van der Waals surface area contributed by atoms with Crippen molar-refractivity contribution in [1.29, 1.82) is 0 Å². The predicted molar refractivity (Wildman–Crippen MR) is 93.2 cm³/mol. The lowest BCUT2D eigenvalue weighted by Gasteiger charge is -2.55. The maximum absolute atomic E-state index is 12.7. The van der Waals surface area contributed by atoms with Gasteiger partial charge in [0.05, 0.1) is 4.83 Å². The van der Waals surface area contributed by atoms with Gasteiger partial charge in [0.25, 0.3) is 0 Å². The zero-order valence-electron chi connectivity index (χ0n) is 14.0. The summed E-state index contributed by atoms with van der Waals surface area (Å²) in [5.41, 5.74) is 1.37. The van der Waals surface area contributed by atoms with E-state index in [-0.39, 0.29) is 21.6 Å². The molecule has 6 atom stereocenters. The zero-order valence-corrected chi connectivity index (χ0v) is 15.6. The SMILES string of the molecule is C[C@]12CCNC(=O)C=C1CC[C@@H]1[C@@H]2CC[C@]2(C)C(=O)[C@H](Br)C[C@@H]12. The minimum absolute atomic E-state index is 0.0540. The molecule has 1 amide bonds. The Balaban J connectivity index is 1.70. The van der Waals surface area contributed by atoms with E-state index < -0.39 is 0 Å². The number of hydrogen-bond donors (Lipinski definition) is 1. The maximum Gasteiger partial charge on any atom is 0.243 e. The number of carbonyl (C=O) groups is 2. The Labute approximate surface area is 146 Å². The van der Waals surface area contributed by atoms with Crippen LogP contribution < -0.4 is 5.32 Å². The summed E-state index contributed by atoms with van der Waals surface area (Å²) in [6.45, 7) is 5.37. The molecule has 0 spiro atoms. The fourth-order valence-electron chi connectivity index (χ4n) is 6.31. The molecule has 4 heteroatoms. The molecule has 4 aliphatic rings. The van der Waals surface area contributed by atoms with Crippen LogP contribution >= 0.6 is 15.9 Å². The molecule has 3 saturated carbocycles. The molecule has 0 aromatic rings. The molecule has 0 saturated heterocycles. The van der Waals surface area contributed by atoms with Crippen LogP contribution in [0.25, 0.3) is 0 Å². The first-order valence-corrected chi connectivity index (χ1v) is 9.95. The second-order valence-corrected chi connectivity index (χ2v) is 9.67. The molecular formula is C19H26BrNO2. The summed E-state index contributed by atoms with van der Waals surface area (Å²) in [6.07, 6.45) is 8.24. The highest BCUT2D eigenvalue weighted by Gasteiger charge is 2.60. The Morgan fingerprint density at radius 3 is 2.70 bits per heavy atom. The molecule has 0 bridgehead atoms. The van der Waals surface area contributed by atoms with Crippen LogP contribution in [0.2, 0.25) is 0 Å². The van der Waals surface area contributed by atoms with E-state index in [1.165, 1.54) is 5.57 Å². The molecule has 1 N–H and O–H groups in total. The van der Waals surface area contributed by atoms with Gasteiger partial charge in [-0.1, -0.05) is 35.4 Å². The second kappa shape index (κ2) is 5.18. The minimum atomic E-state index is -0.119. The Hall–Kier alpha value is -0.640. The third-order valence-electron chi connectivity index (χ3n) is 7.68. The number of Topliss-reactive ketones (excluding diaryl/α,β-unsaturated/α-hetero) is 1. The van der Waals surface area contributed by atoms with Crippen LogP contribution in [0.5, 0.6) is 0 Å². The zero-order chi connectivity index (χ0) is 16.4. The van der Waals surface area contributed by atoms with Gasteiger partial charge in [-0.3, -0.25) is 9.59 Å². The minimum Gasteiger partial charge on any atom is -0.353 e. The number of ketones is 1. The van der Waals surface area contributed by atoms with Gasteiger partial charge in [-0.15, -0.1) is 0 Å². The van der Waals surface area contributed by atoms with Gasteiger partial charge in [-0.25, -0.2) is 0 Å². The van der Waals surface area contributed by atoms with Crippen LogP contribution in [0.4, 0.5) is 0 Å². The van der Waals surface area contributed by atoms with Crippen molar-refractivity contribution >= 4 is 27.6 Å². The molecule has 1 aliphatic heterocycles. The largest absolute Gasteiger partial charge is 0.353 e. The summed E-state index contributed by atoms with van der Waals surface area (Å²) in [4.78, 5) is 24.7. The molecule has 3 nitrogen and oxygen atoms in total. The van der Waals surface area contributed by atoms with E-state index in [2.05, 4.69) is 35.1 Å². The predicted octanol–water partition coefficient (Wildman–Crippen LogP) is 3.62. The lowest BCUT2D eigenvalue weighted by atomic mass is 9.48. The van der Waals surface area contributed by atoms with Crippen molar-refractivity contribution in [1.82, 2.24) is 5.32 Å². The number of rotatable bonds is 0. The van der Waals surface area contributed by atoms with E-state index >= 15 is 0 Å². The van der Waals surface area contributed by atoms with Crippen molar-refractivity contribution in [2.75, 3.05) is 6.54 Å². The van der Waals surface area contributed by atoms with E-state index in [1.54, 1.807) is 0 Å². The molecule has 1 heterocycles. The van der Waals surface area contributed by atoms with Crippen molar-refractivity contribution in [3.63, 3.8) is 0 Å². The van der Waals surface area contributed by atoms with Crippen molar-refractivity contribution in [2.24, 2.45) is 28.6 Å². The smallest absolute Gasteiger partial charge is 0.243 e. The Morgan fingerprint density at radius 2 is 1.91 bits per heavy atom. The number of amides is 1. The van der Waals surface area contributed by atoms with Crippen LogP contribution in [-0.2, 0) is 9.59 Å². The number of nitrogens with one attached hydrogen (secondary N) is 1. The van der Waals surface area contributed by atoms with Gasteiger partial charge in [-0.2, -0.15) is 0 Å². The molecule has 0 aromatic carbocycles. The van der Waals surface area contributed by atoms with Gasteiger partial charge < -0.3 is 5.32 Å². The average Bonchev–Trinajstić information content (AvgIpc) is 2.65. The van der Waals surface area contributed by atoms with Gasteiger partial charge in [0.1, 0.15) is 0 Å². The molecule has 4 rings (SSSR count). The number of alkyl halides is 1. The fourth-order valence-corrected chi connectivity index (χ4v) is 7.24.